The number of benzene rings is 1. The fourth-order valence-electron chi connectivity index (χ4n) is 2.80. The quantitative estimate of drug-likeness (QED) is 0.816. The summed E-state index contributed by atoms with van der Waals surface area (Å²) in [6, 6.07) is 10.2. The molecule has 2 rings (SSSR count). The average Bonchev–Trinajstić information content (AvgIpc) is 2.85. The van der Waals surface area contributed by atoms with E-state index in [1.54, 1.807) is 0 Å². The number of nitrogens with one attached hydrogen (secondary N) is 1. The van der Waals surface area contributed by atoms with Gasteiger partial charge in [0, 0.05) is 17.7 Å². The van der Waals surface area contributed by atoms with Gasteiger partial charge in [-0.15, -0.1) is 11.8 Å². The zero-order valence-corrected chi connectivity index (χ0v) is 15.3. The lowest BCUT2D eigenvalue weighted by molar-refractivity contribution is -0.118. The van der Waals surface area contributed by atoms with Crippen molar-refractivity contribution >= 4 is 27.5 Å². The van der Waals surface area contributed by atoms with Crippen LogP contribution in [0.25, 0.3) is 0 Å². The van der Waals surface area contributed by atoms with E-state index in [1.807, 2.05) is 18.2 Å². The van der Waals surface area contributed by atoms with E-state index in [0.717, 1.165) is 0 Å². The molecule has 6 heteroatoms. The Morgan fingerprint density at radius 1 is 1.30 bits per heavy atom. The molecule has 0 spiro atoms. The van der Waals surface area contributed by atoms with Gasteiger partial charge in [0.2, 0.25) is 5.91 Å². The monoisotopic (exact) mass is 355 g/mol. The summed E-state index contributed by atoms with van der Waals surface area (Å²) in [4.78, 5) is 12.0. The Labute approximate surface area is 143 Å². The summed E-state index contributed by atoms with van der Waals surface area (Å²) in [7, 11) is -2.87. The van der Waals surface area contributed by atoms with Crippen LogP contribution in [-0.2, 0) is 14.6 Å². The number of thioether (sulfide) groups is 1. The average molecular weight is 356 g/mol. The smallest absolute Gasteiger partial charge is 0.230 e. The number of carbonyl (C=O) groups excluding carboxylic acids is 1. The van der Waals surface area contributed by atoms with Crippen LogP contribution in [0.15, 0.2) is 30.3 Å². The van der Waals surface area contributed by atoms with E-state index in [9.17, 15) is 13.2 Å². The molecular weight excluding hydrogens is 330 g/mol. The van der Waals surface area contributed by atoms with Gasteiger partial charge in [-0.2, -0.15) is 0 Å². The predicted molar refractivity (Wildman–Crippen MR) is 96.5 cm³/mol. The molecule has 0 radical (unpaired) electrons. The first-order valence-electron chi connectivity index (χ1n) is 8.01. The summed E-state index contributed by atoms with van der Waals surface area (Å²) < 4.78 is 22.8. The van der Waals surface area contributed by atoms with E-state index in [-0.39, 0.29) is 28.6 Å². The third-order valence-corrected chi connectivity index (χ3v) is 7.47. The van der Waals surface area contributed by atoms with Gasteiger partial charge < -0.3 is 5.32 Å². The molecule has 0 unspecified atom stereocenters. The number of rotatable bonds is 7. The molecule has 0 aliphatic carbocycles. The Morgan fingerprint density at radius 3 is 2.57 bits per heavy atom. The molecule has 128 valence electrons. The summed E-state index contributed by atoms with van der Waals surface area (Å²) in [5.74, 6) is 1.52. The van der Waals surface area contributed by atoms with Gasteiger partial charge in [0.15, 0.2) is 9.84 Å². The van der Waals surface area contributed by atoms with Crippen LogP contribution in [0.4, 0.5) is 0 Å². The predicted octanol–water partition coefficient (Wildman–Crippen LogP) is 2.46. The van der Waals surface area contributed by atoms with E-state index in [1.165, 1.54) is 17.3 Å². The lowest BCUT2D eigenvalue weighted by atomic mass is 9.88. The van der Waals surface area contributed by atoms with E-state index in [0.29, 0.717) is 24.6 Å². The summed E-state index contributed by atoms with van der Waals surface area (Å²) in [5, 5.41) is 3.07. The topological polar surface area (TPSA) is 63.2 Å². The minimum Gasteiger partial charge on any atom is -0.355 e. The van der Waals surface area contributed by atoms with E-state index >= 15 is 0 Å². The molecule has 0 bridgehead atoms. The fourth-order valence-corrected chi connectivity index (χ4v) is 6.27. The highest BCUT2D eigenvalue weighted by molar-refractivity contribution is 8.02. The van der Waals surface area contributed by atoms with Crippen LogP contribution in [0.2, 0.25) is 0 Å². The molecule has 2 atom stereocenters. The third kappa shape index (κ3) is 5.84. The first kappa shape index (κ1) is 18.3. The molecule has 0 saturated carbocycles. The summed E-state index contributed by atoms with van der Waals surface area (Å²) in [6.45, 7) is 4.92. The Balaban J connectivity index is 1.78. The van der Waals surface area contributed by atoms with Gasteiger partial charge in [-0.1, -0.05) is 44.2 Å². The van der Waals surface area contributed by atoms with Crippen LogP contribution in [0.1, 0.15) is 31.7 Å². The van der Waals surface area contributed by atoms with Crippen molar-refractivity contribution in [3.63, 3.8) is 0 Å². The van der Waals surface area contributed by atoms with Crippen molar-refractivity contribution in [2.45, 2.75) is 31.4 Å². The van der Waals surface area contributed by atoms with Crippen molar-refractivity contribution < 1.29 is 13.2 Å². The van der Waals surface area contributed by atoms with Crippen molar-refractivity contribution in [3.8, 4) is 0 Å². The van der Waals surface area contributed by atoms with Crippen LogP contribution < -0.4 is 5.32 Å². The highest BCUT2D eigenvalue weighted by Crippen LogP contribution is 2.25. The maximum atomic E-state index is 12.0. The summed E-state index contributed by atoms with van der Waals surface area (Å²) in [5.41, 5.74) is 1.23. The number of sulfone groups is 1. The maximum absolute atomic E-state index is 12.0. The summed E-state index contributed by atoms with van der Waals surface area (Å²) in [6.07, 6.45) is 0.666. The SMILES string of the molecule is CC(C)[C@H](CNC(=O)CS[C@H]1CCS(=O)(=O)C1)c1ccccc1. The largest absolute Gasteiger partial charge is 0.355 e. The molecule has 23 heavy (non-hydrogen) atoms. The van der Waals surface area contributed by atoms with Crippen LogP contribution in [0.5, 0.6) is 0 Å². The lowest BCUT2D eigenvalue weighted by Crippen LogP contribution is -2.32. The second-order valence-corrected chi connectivity index (χ2v) is 9.92. The molecule has 1 saturated heterocycles. The van der Waals surface area contributed by atoms with Gasteiger partial charge in [-0.05, 0) is 17.9 Å². The van der Waals surface area contributed by atoms with Gasteiger partial charge in [-0.3, -0.25) is 4.79 Å². The zero-order chi connectivity index (χ0) is 16.9. The summed E-state index contributed by atoms with van der Waals surface area (Å²) >= 11 is 1.46. The molecule has 1 aliphatic heterocycles. The molecular formula is C17H25NO3S2. The minimum absolute atomic E-state index is 0.0131. The Kier molecular flexibility index (Phi) is 6.53. The van der Waals surface area contributed by atoms with Crippen molar-refractivity contribution in [2.75, 3.05) is 23.8 Å². The molecule has 1 aromatic carbocycles. The Morgan fingerprint density at radius 2 is 2.00 bits per heavy atom. The molecule has 1 amide bonds. The van der Waals surface area contributed by atoms with Crippen LogP contribution >= 0.6 is 11.8 Å². The number of hydrogen-bond donors (Lipinski definition) is 1. The van der Waals surface area contributed by atoms with Crippen LogP contribution in [0.3, 0.4) is 0 Å². The fraction of sp³-hybridized carbons (Fsp3) is 0.588. The van der Waals surface area contributed by atoms with E-state index in [2.05, 4.69) is 31.3 Å². The zero-order valence-electron chi connectivity index (χ0n) is 13.7. The molecule has 1 aromatic rings. The second kappa shape index (κ2) is 8.20. The number of hydrogen-bond acceptors (Lipinski definition) is 4. The molecule has 0 aromatic heterocycles. The standard InChI is InChI=1S/C17H25NO3S2/c1-13(2)16(14-6-4-3-5-7-14)10-18-17(19)11-22-15-8-9-23(20,21)12-15/h3-7,13,15-16H,8-12H2,1-2H3,(H,18,19)/t15-,16-/m0/s1. The molecule has 4 nitrogen and oxygen atoms in total. The van der Waals surface area contributed by atoms with Gasteiger partial charge in [-0.25, -0.2) is 8.42 Å². The van der Waals surface area contributed by atoms with Gasteiger partial charge >= 0.3 is 0 Å². The first-order chi connectivity index (χ1) is 10.9. The first-order valence-corrected chi connectivity index (χ1v) is 10.9. The Hall–Kier alpha value is -1.01. The van der Waals surface area contributed by atoms with Crippen molar-refractivity contribution in [2.24, 2.45) is 5.92 Å². The highest BCUT2D eigenvalue weighted by Gasteiger charge is 2.28. The second-order valence-electron chi connectivity index (χ2n) is 6.40. The van der Waals surface area contributed by atoms with Gasteiger partial charge in [0.05, 0.1) is 17.3 Å². The number of carbonyl (C=O) groups is 1. The van der Waals surface area contributed by atoms with E-state index < -0.39 is 9.84 Å². The Bertz CT molecular complexity index is 614. The van der Waals surface area contributed by atoms with Crippen molar-refractivity contribution in [1.82, 2.24) is 5.32 Å². The van der Waals surface area contributed by atoms with E-state index in [4.69, 9.17) is 0 Å². The highest BCUT2D eigenvalue weighted by atomic mass is 32.2. The van der Waals surface area contributed by atoms with Gasteiger partial charge in [0.1, 0.15) is 0 Å². The molecule has 1 aliphatic rings. The van der Waals surface area contributed by atoms with Crippen molar-refractivity contribution in [1.29, 1.82) is 0 Å². The lowest BCUT2D eigenvalue weighted by Gasteiger charge is -2.22. The normalized spacial score (nSPS) is 21.3. The number of amides is 1. The molecule has 1 fully saturated rings. The van der Waals surface area contributed by atoms with Crippen LogP contribution in [0, 0.1) is 5.92 Å². The molecule has 1 heterocycles. The van der Waals surface area contributed by atoms with Crippen LogP contribution in [-0.4, -0.2) is 43.4 Å². The molecule has 1 N–H and O–H groups in total. The maximum Gasteiger partial charge on any atom is 0.230 e. The third-order valence-electron chi connectivity index (χ3n) is 4.19. The van der Waals surface area contributed by atoms with Crippen molar-refractivity contribution in [3.05, 3.63) is 35.9 Å². The van der Waals surface area contributed by atoms with Gasteiger partial charge in [0.25, 0.3) is 0 Å². The minimum atomic E-state index is -2.87.